The van der Waals surface area contributed by atoms with E-state index < -0.39 is 0 Å². The Morgan fingerprint density at radius 2 is 2.20 bits per heavy atom. The van der Waals surface area contributed by atoms with Crippen LogP contribution in [0.5, 0.6) is 0 Å². The molecule has 0 fully saturated rings. The summed E-state index contributed by atoms with van der Waals surface area (Å²) >= 11 is 5.67. The first-order valence-corrected chi connectivity index (χ1v) is 3.14. The maximum absolute atomic E-state index is 8.52. The molecular weight excluding hydrogens is 146 g/mol. The van der Waals surface area contributed by atoms with Crippen LogP contribution in [-0.4, -0.2) is 0 Å². The highest BCUT2D eigenvalue weighted by atomic mass is 35.5. The summed E-state index contributed by atoms with van der Waals surface area (Å²) in [6.45, 7) is 3.65. The molecular formula is C8H5ClN. The second-order valence-electron chi connectivity index (χ2n) is 1.89. The van der Waals surface area contributed by atoms with Crippen molar-refractivity contribution < 1.29 is 0 Å². The van der Waals surface area contributed by atoms with E-state index in [9.17, 15) is 0 Å². The lowest BCUT2D eigenvalue weighted by Gasteiger charge is -1.96. The van der Waals surface area contributed by atoms with Crippen molar-refractivity contribution in [3.63, 3.8) is 0 Å². The SMILES string of the molecule is [CH2]c1cccc(Cl)c1C#N. The second-order valence-corrected chi connectivity index (χ2v) is 2.29. The van der Waals surface area contributed by atoms with Crippen LogP contribution in [0.3, 0.4) is 0 Å². The van der Waals surface area contributed by atoms with Gasteiger partial charge in [0.1, 0.15) is 6.07 Å². The zero-order chi connectivity index (χ0) is 7.56. The Kier molecular flexibility index (Phi) is 1.94. The summed E-state index contributed by atoms with van der Waals surface area (Å²) in [5.74, 6) is 0. The summed E-state index contributed by atoms with van der Waals surface area (Å²) < 4.78 is 0. The lowest BCUT2D eigenvalue weighted by atomic mass is 10.1. The van der Waals surface area contributed by atoms with Gasteiger partial charge in [-0.15, -0.1) is 0 Å². The van der Waals surface area contributed by atoms with Crippen molar-refractivity contribution in [3.05, 3.63) is 41.3 Å². The predicted octanol–water partition coefficient (Wildman–Crippen LogP) is 2.39. The predicted molar refractivity (Wildman–Crippen MR) is 40.6 cm³/mol. The summed E-state index contributed by atoms with van der Waals surface area (Å²) in [6, 6.07) is 7.17. The highest BCUT2D eigenvalue weighted by Gasteiger charge is 1.99. The topological polar surface area (TPSA) is 23.8 Å². The molecule has 1 nitrogen and oxygen atoms in total. The van der Waals surface area contributed by atoms with Crippen LogP contribution in [0, 0.1) is 18.3 Å². The fourth-order valence-corrected chi connectivity index (χ4v) is 0.930. The molecule has 0 aliphatic heterocycles. The molecule has 49 valence electrons. The average Bonchev–Trinajstić information content (AvgIpc) is 1.88. The van der Waals surface area contributed by atoms with E-state index in [0.717, 1.165) is 0 Å². The maximum Gasteiger partial charge on any atom is 0.101 e. The maximum atomic E-state index is 8.52. The van der Waals surface area contributed by atoms with E-state index >= 15 is 0 Å². The van der Waals surface area contributed by atoms with Gasteiger partial charge in [0.25, 0.3) is 0 Å². The molecule has 0 amide bonds. The lowest BCUT2D eigenvalue weighted by Crippen LogP contribution is -1.81. The molecule has 0 bridgehead atoms. The van der Waals surface area contributed by atoms with Crippen LogP contribution in [0.25, 0.3) is 0 Å². The Balaban J connectivity index is 3.34. The van der Waals surface area contributed by atoms with Gasteiger partial charge in [-0.3, -0.25) is 0 Å². The minimum absolute atomic E-state index is 0.462. The van der Waals surface area contributed by atoms with E-state index in [0.29, 0.717) is 16.1 Å². The van der Waals surface area contributed by atoms with E-state index in [4.69, 9.17) is 16.9 Å². The minimum Gasteiger partial charge on any atom is -0.192 e. The summed E-state index contributed by atoms with van der Waals surface area (Å²) in [5, 5.41) is 8.99. The third-order valence-electron chi connectivity index (χ3n) is 1.21. The van der Waals surface area contributed by atoms with E-state index in [-0.39, 0.29) is 0 Å². The van der Waals surface area contributed by atoms with Crippen LogP contribution in [-0.2, 0) is 0 Å². The molecule has 0 aliphatic rings. The third kappa shape index (κ3) is 1.12. The highest BCUT2D eigenvalue weighted by molar-refractivity contribution is 6.31. The van der Waals surface area contributed by atoms with Crippen molar-refractivity contribution >= 4 is 11.6 Å². The van der Waals surface area contributed by atoms with Crippen LogP contribution in [0.1, 0.15) is 11.1 Å². The van der Waals surface area contributed by atoms with Gasteiger partial charge in [-0.25, -0.2) is 0 Å². The molecule has 2 heteroatoms. The van der Waals surface area contributed by atoms with Crippen LogP contribution in [0.2, 0.25) is 5.02 Å². The molecule has 1 rings (SSSR count). The molecule has 0 saturated carbocycles. The molecule has 0 aromatic heterocycles. The van der Waals surface area contributed by atoms with Crippen LogP contribution in [0.15, 0.2) is 18.2 Å². The smallest absolute Gasteiger partial charge is 0.101 e. The average molecular weight is 151 g/mol. The van der Waals surface area contributed by atoms with Crippen molar-refractivity contribution in [2.75, 3.05) is 0 Å². The van der Waals surface area contributed by atoms with Crippen molar-refractivity contribution in [1.29, 1.82) is 5.26 Å². The highest BCUT2D eigenvalue weighted by Crippen LogP contribution is 2.17. The number of hydrogen-bond acceptors (Lipinski definition) is 1. The molecule has 0 aliphatic carbocycles. The van der Waals surface area contributed by atoms with Gasteiger partial charge in [-0.2, -0.15) is 5.26 Å². The van der Waals surface area contributed by atoms with Gasteiger partial charge in [0.2, 0.25) is 0 Å². The Morgan fingerprint density at radius 3 is 2.60 bits per heavy atom. The second kappa shape index (κ2) is 2.72. The molecule has 10 heavy (non-hydrogen) atoms. The van der Waals surface area contributed by atoms with E-state index in [1.54, 1.807) is 18.2 Å². The molecule has 0 N–H and O–H groups in total. The van der Waals surface area contributed by atoms with Gasteiger partial charge in [-0.1, -0.05) is 23.7 Å². The third-order valence-corrected chi connectivity index (χ3v) is 1.53. The first kappa shape index (κ1) is 7.11. The molecule has 0 saturated heterocycles. The monoisotopic (exact) mass is 150 g/mol. The molecule has 0 unspecified atom stereocenters. The summed E-state index contributed by atoms with van der Waals surface area (Å²) in [6.07, 6.45) is 0. The quantitative estimate of drug-likeness (QED) is 0.557. The Bertz CT molecular complexity index is 266. The van der Waals surface area contributed by atoms with E-state index in [2.05, 4.69) is 6.92 Å². The molecule has 1 aromatic carbocycles. The van der Waals surface area contributed by atoms with Gasteiger partial charge < -0.3 is 0 Å². The summed E-state index contributed by atoms with van der Waals surface area (Å²) in [4.78, 5) is 0. The van der Waals surface area contributed by atoms with Crippen molar-refractivity contribution in [3.8, 4) is 6.07 Å². The Hall–Kier alpha value is -1.00. The molecule has 0 heterocycles. The normalized spacial score (nSPS) is 8.90. The largest absolute Gasteiger partial charge is 0.192 e. The van der Waals surface area contributed by atoms with Crippen LogP contribution >= 0.6 is 11.6 Å². The first-order valence-electron chi connectivity index (χ1n) is 2.76. The first-order chi connectivity index (χ1) is 4.75. The Labute approximate surface area is 64.9 Å². The van der Waals surface area contributed by atoms with Crippen molar-refractivity contribution in [2.24, 2.45) is 0 Å². The number of benzene rings is 1. The molecule has 0 spiro atoms. The molecule has 1 aromatic rings. The van der Waals surface area contributed by atoms with E-state index in [1.165, 1.54) is 0 Å². The number of nitrogens with zero attached hydrogens (tertiary/aromatic N) is 1. The van der Waals surface area contributed by atoms with Gasteiger partial charge >= 0.3 is 0 Å². The number of nitriles is 1. The van der Waals surface area contributed by atoms with Gasteiger partial charge in [-0.05, 0) is 18.6 Å². The zero-order valence-corrected chi connectivity index (χ0v) is 6.02. The molecule has 0 atom stereocenters. The number of rotatable bonds is 0. The molecule has 1 radical (unpaired) electrons. The van der Waals surface area contributed by atoms with Crippen molar-refractivity contribution in [2.45, 2.75) is 0 Å². The summed E-state index contributed by atoms with van der Waals surface area (Å²) in [7, 11) is 0. The lowest BCUT2D eigenvalue weighted by molar-refractivity contribution is 1.46. The number of hydrogen-bond donors (Lipinski definition) is 0. The standard InChI is InChI=1S/C8H5ClN/c1-6-3-2-4-8(9)7(6)5-10/h2-4H,1H2. The van der Waals surface area contributed by atoms with Gasteiger partial charge in [0.05, 0.1) is 10.6 Å². The minimum atomic E-state index is 0.462. The van der Waals surface area contributed by atoms with Gasteiger partial charge in [0.15, 0.2) is 0 Å². The van der Waals surface area contributed by atoms with E-state index in [1.807, 2.05) is 6.07 Å². The van der Waals surface area contributed by atoms with Crippen LogP contribution in [0.4, 0.5) is 0 Å². The van der Waals surface area contributed by atoms with Crippen molar-refractivity contribution in [1.82, 2.24) is 0 Å². The zero-order valence-electron chi connectivity index (χ0n) is 5.26. The Morgan fingerprint density at radius 1 is 1.50 bits per heavy atom. The van der Waals surface area contributed by atoms with Crippen LogP contribution < -0.4 is 0 Å². The van der Waals surface area contributed by atoms with Gasteiger partial charge in [0, 0.05) is 0 Å². The summed E-state index contributed by atoms with van der Waals surface area (Å²) in [5.41, 5.74) is 1.14. The number of halogens is 1. The fourth-order valence-electron chi connectivity index (χ4n) is 0.694. The fraction of sp³-hybridized carbons (Fsp3) is 0.